The van der Waals surface area contributed by atoms with Gasteiger partial charge in [0.15, 0.2) is 0 Å². The van der Waals surface area contributed by atoms with E-state index < -0.39 is 28.8 Å². The first-order valence-corrected chi connectivity index (χ1v) is 8.55. The number of carbonyl (C=O) groups is 2. The minimum absolute atomic E-state index is 0.160. The summed E-state index contributed by atoms with van der Waals surface area (Å²) in [5.41, 5.74) is 1.05. The summed E-state index contributed by atoms with van der Waals surface area (Å²) < 4.78 is 42.9. The molecule has 0 saturated carbocycles. The lowest BCUT2D eigenvalue weighted by Gasteiger charge is -2.29. The van der Waals surface area contributed by atoms with Gasteiger partial charge in [-0.05, 0) is 41.8 Å². The molecule has 3 rings (SSSR count). The predicted octanol–water partition coefficient (Wildman–Crippen LogP) is 4.13. The highest BCUT2D eigenvalue weighted by Gasteiger charge is 2.33. The number of pyridine rings is 1. The second kappa shape index (κ2) is 7.67. The van der Waals surface area contributed by atoms with E-state index >= 15 is 0 Å². The highest BCUT2D eigenvalue weighted by Crippen LogP contribution is 2.36. The van der Waals surface area contributed by atoms with E-state index in [0.717, 1.165) is 29.3 Å². The van der Waals surface area contributed by atoms with Crippen LogP contribution in [0.25, 0.3) is 0 Å². The number of fused-ring (bicyclic) bond motifs is 1. The van der Waals surface area contributed by atoms with E-state index in [-0.39, 0.29) is 17.9 Å². The number of rotatable bonds is 2. The van der Waals surface area contributed by atoms with Gasteiger partial charge in [-0.25, -0.2) is 14.6 Å². The lowest BCUT2D eigenvalue weighted by atomic mass is 10.0. The van der Waals surface area contributed by atoms with Crippen molar-refractivity contribution in [1.29, 1.82) is 0 Å². The van der Waals surface area contributed by atoms with Crippen LogP contribution in [0.3, 0.4) is 0 Å². The molecule has 0 fully saturated rings. The molecule has 0 saturated heterocycles. The van der Waals surface area contributed by atoms with Gasteiger partial charge in [0, 0.05) is 25.0 Å². The van der Waals surface area contributed by atoms with Gasteiger partial charge in [0.1, 0.15) is 5.69 Å². The summed E-state index contributed by atoms with van der Waals surface area (Å²) in [4.78, 5) is 29.5. The molecular weight excluding hydrogens is 399 g/mol. The average molecular weight is 414 g/mol. The van der Waals surface area contributed by atoms with Crippen LogP contribution in [0, 0.1) is 0 Å². The van der Waals surface area contributed by atoms with Crippen molar-refractivity contribution < 1.29 is 27.5 Å². The number of hydrogen-bond acceptors (Lipinski definition) is 4. The summed E-state index contributed by atoms with van der Waals surface area (Å²) in [7, 11) is 1.27. The summed E-state index contributed by atoms with van der Waals surface area (Å²) in [6, 6.07) is 4.19. The second-order valence-corrected chi connectivity index (χ2v) is 6.53. The molecule has 0 atom stereocenters. The van der Waals surface area contributed by atoms with Crippen LogP contribution in [0.5, 0.6) is 0 Å². The number of methoxy groups -OCH3 is 1. The van der Waals surface area contributed by atoms with Crippen molar-refractivity contribution in [3.63, 3.8) is 0 Å². The van der Waals surface area contributed by atoms with Gasteiger partial charge in [-0.15, -0.1) is 0 Å². The number of amides is 2. The van der Waals surface area contributed by atoms with Crippen LogP contribution < -0.4 is 5.32 Å². The maximum atomic E-state index is 12.8. The number of halogens is 4. The third-order valence-electron chi connectivity index (χ3n) is 4.30. The lowest BCUT2D eigenvalue weighted by Crippen LogP contribution is -2.39. The van der Waals surface area contributed by atoms with Crippen molar-refractivity contribution in [2.24, 2.45) is 0 Å². The number of urea groups is 1. The monoisotopic (exact) mass is 413 g/mol. The third-order valence-corrected chi connectivity index (χ3v) is 4.62. The average Bonchev–Trinajstić information content (AvgIpc) is 2.65. The third kappa shape index (κ3) is 4.19. The Morgan fingerprint density at radius 2 is 2.00 bits per heavy atom. The number of aromatic nitrogens is 1. The molecule has 2 amide bonds. The fourth-order valence-electron chi connectivity index (χ4n) is 2.86. The zero-order valence-corrected chi connectivity index (χ0v) is 15.4. The summed E-state index contributed by atoms with van der Waals surface area (Å²) in [6.45, 7) is 0.627. The fraction of sp³-hybridized carbons (Fsp3) is 0.278. The molecule has 148 valence electrons. The number of carbonyl (C=O) groups excluding carboxylic acids is 2. The van der Waals surface area contributed by atoms with E-state index in [0.29, 0.717) is 13.0 Å². The number of ether oxygens (including phenoxy) is 1. The van der Waals surface area contributed by atoms with E-state index in [2.05, 4.69) is 15.0 Å². The van der Waals surface area contributed by atoms with Crippen LogP contribution in [0.2, 0.25) is 5.02 Å². The molecule has 28 heavy (non-hydrogen) atoms. The molecule has 6 nitrogen and oxygen atoms in total. The summed E-state index contributed by atoms with van der Waals surface area (Å²) in [6.07, 6.45) is -2.55. The molecule has 0 radical (unpaired) electrons. The van der Waals surface area contributed by atoms with E-state index in [1.54, 1.807) is 6.07 Å². The molecule has 10 heteroatoms. The van der Waals surface area contributed by atoms with E-state index in [1.807, 2.05) is 0 Å². The van der Waals surface area contributed by atoms with Crippen molar-refractivity contribution in [2.75, 3.05) is 19.0 Å². The number of nitrogens with zero attached hydrogens (tertiary/aromatic N) is 2. The Morgan fingerprint density at radius 1 is 1.25 bits per heavy atom. The molecule has 0 bridgehead atoms. The maximum absolute atomic E-state index is 12.8. The van der Waals surface area contributed by atoms with Gasteiger partial charge in [-0.2, -0.15) is 13.2 Å². The molecule has 0 spiro atoms. The van der Waals surface area contributed by atoms with Gasteiger partial charge in [0.05, 0.1) is 17.7 Å². The van der Waals surface area contributed by atoms with Gasteiger partial charge in [-0.3, -0.25) is 0 Å². The highest BCUT2D eigenvalue weighted by molar-refractivity contribution is 6.31. The Balaban J connectivity index is 1.70. The SMILES string of the molecule is COC(=O)c1cc2c(cn1)CN(C(=O)Nc1ccc(C(F)(F)F)c(Cl)c1)CC2. The Labute approximate surface area is 163 Å². The minimum atomic E-state index is -4.56. The summed E-state index contributed by atoms with van der Waals surface area (Å²) in [5, 5.41) is 2.05. The number of esters is 1. The van der Waals surface area contributed by atoms with Crippen LogP contribution in [0.15, 0.2) is 30.5 Å². The maximum Gasteiger partial charge on any atom is 0.417 e. The van der Waals surface area contributed by atoms with Crippen molar-refractivity contribution in [3.05, 3.63) is 57.9 Å². The Kier molecular flexibility index (Phi) is 5.46. The van der Waals surface area contributed by atoms with E-state index in [1.165, 1.54) is 18.2 Å². The van der Waals surface area contributed by atoms with Crippen molar-refractivity contribution in [3.8, 4) is 0 Å². The standard InChI is InChI=1S/C18H15ClF3N3O3/c1-28-16(26)15-6-10-4-5-25(9-11(10)8-23-15)17(27)24-12-2-3-13(14(19)7-12)18(20,21)22/h2-3,6-8H,4-5,9H2,1H3,(H,24,27). The predicted molar refractivity (Wildman–Crippen MR) is 95.2 cm³/mol. The molecular formula is C18H15ClF3N3O3. The molecule has 1 aliphatic heterocycles. The van der Waals surface area contributed by atoms with Crippen LogP contribution in [0.4, 0.5) is 23.7 Å². The summed E-state index contributed by atoms with van der Waals surface area (Å²) >= 11 is 5.67. The first-order chi connectivity index (χ1) is 13.2. The minimum Gasteiger partial charge on any atom is -0.464 e. The first kappa shape index (κ1) is 19.9. The van der Waals surface area contributed by atoms with Gasteiger partial charge >= 0.3 is 18.2 Å². The molecule has 0 unspecified atom stereocenters. The normalized spacial score (nSPS) is 13.7. The topological polar surface area (TPSA) is 71.5 Å². The second-order valence-electron chi connectivity index (χ2n) is 6.12. The number of anilines is 1. The largest absolute Gasteiger partial charge is 0.464 e. The van der Waals surface area contributed by atoms with Gasteiger partial charge in [0.25, 0.3) is 0 Å². The quantitative estimate of drug-likeness (QED) is 0.751. The van der Waals surface area contributed by atoms with Crippen LogP contribution in [0.1, 0.15) is 27.2 Å². The molecule has 1 aliphatic rings. The lowest BCUT2D eigenvalue weighted by molar-refractivity contribution is -0.137. The van der Waals surface area contributed by atoms with Gasteiger partial charge in [-0.1, -0.05) is 11.6 Å². The van der Waals surface area contributed by atoms with Crippen molar-refractivity contribution >= 4 is 29.3 Å². The van der Waals surface area contributed by atoms with Crippen molar-refractivity contribution in [1.82, 2.24) is 9.88 Å². The number of benzene rings is 1. The van der Waals surface area contributed by atoms with E-state index in [4.69, 9.17) is 11.6 Å². The Bertz CT molecular complexity index is 934. The number of alkyl halides is 3. The Hall–Kier alpha value is -2.81. The molecule has 1 aromatic carbocycles. The van der Waals surface area contributed by atoms with E-state index in [9.17, 15) is 22.8 Å². The highest BCUT2D eigenvalue weighted by atomic mass is 35.5. The fourth-order valence-corrected chi connectivity index (χ4v) is 3.14. The molecule has 0 aliphatic carbocycles. The summed E-state index contributed by atoms with van der Waals surface area (Å²) in [5.74, 6) is -0.540. The molecule has 1 aromatic heterocycles. The number of hydrogen-bond donors (Lipinski definition) is 1. The van der Waals surface area contributed by atoms with Crippen molar-refractivity contribution in [2.45, 2.75) is 19.1 Å². The number of nitrogens with one attached hydrogen (secondary N) is 1. The smallest absolute Gasteiger partial charge is 0.417 e. The van der Waals surface area contributed by atoms with Crippen LogP contribution in [-0.2, 0) is 23.9 Å². The zero-order chi connectivity index (χ0) is 20.5. The van der Waals surface area contributed by atoms with Crippen LogP contribution in [-0.4, -0.2) is 35.5 Å². The zero-order valence-electron chi connectivity index (χ0n) is 14.6. The molecule has 1 N–H and O–H groups in total. The molecule has 2 aromatic rings. The Morgan fingerprint density at radius 3 is 2.64 bits per heavy atom. The van der Waals surface area contributed by atoms with Gasteiger partial charge in [0.2, 0.25) is 0 Å². The van der Waals surface area contributed by atoms with Crippen LogP contribution >= 0.6 is 11.6 Å². The molecule has 2 heterocycles. The van der Waals surface area contributed by atoms with Gasteiger partial charge < -0.3 is 15.0 Å². The first-order valence-electron chi connectivity index (χ1n) is 8.18.